The number of furan rings is 1. The lowest BCUT2D eigenvalue weighted by Gasteiger charge is -2.28. The fraction of sp³-hybridized carbons (Fsp3) is 0.438. The highest BCUT2D eigenvalue weighted by Crippen LogP contribution is 2.27. The topological polar surface area (TPSA) is 62.5 Å². The summed E-state index contributed by atoms with van der Waals surface area (Å²) in [7, 11) is 0. The van der Waals surface area contributed by atoms with Crippen LogP contribution in [0.1, 0.15) is 49.7 Å². The molecule has 1 aromatic carbocycles. The maximum Gasteiger partial charge on any atom is 0.372 e. The number of fused-ring (bicyclic) bond motifs is 1. The van der Waals surface area contributed by atoms with Gasteiger partial charge >= 0.3 is 5.97 Å². The van der Waals surface area contributed by atoms with Crippen LogP contribution in [-0.4, -0.2) is 16.6 Å². The number of benzene rings is 1. The molecule has 0 spiro atoms. The molecule has 20 heavy (non-hydrogen) atoms. The number of hydrogen-bond donors (Lipinski definition) is 2. The predicted molar refractivity (Wildman–Crippen MR) is 79.0 cm³/mol. The third kappa shape index (κ3) is 2.70. The second-order valence-electron chi connectivity index (χ2n) is 5.33. The van der Waals surface area contributed by atoms with E-state index < -0.39 is 5.97 Å². The fourth-order valence-electron chi connectivity index (χ4n) is 2.25. The summed E-state index contributed by atoms with van der Waals surface area (Å²) in [5, 5.41) is 13.6. The molecule has 1 heterocycles. The number of carbonyl (C=O) groups is 1. The van der Waals surface area contributed by atoms with E-state index in [0.717, 1.165) is 23.8 Å². The summed E-state index contributed by atoms with van der Waals surface area (Å²) in [4.78, 5) is 11.3. The number of nitrogens with one attached hydrogen (secondary N) is 1. The monoisotopic (exact) mass is 275 g/mol. The Morgan fingerprint density at radius 3 is 2.55 bits per heavy atom. The average molecular weight is 275 g/mol. The molecule has 0 saturated carbocycles. The number of aromatic carboxylic acids is 1. The summed E-state index contributed by atoms with van der Waals surface area (Å²) in [6.45, 7) is 6.90. The first-order valence-corrected chi connectivity index (χ1v) is 6.99. The number of carboxylic acid groups (broad SMARTS) is 1. The van der Waals surface area contributed by atoms with E-state index in [4.69, 9.17) is 4.42 Å². The summed E-state index contributed by atoms with van der Waals surface area (Å²) in [5.41, 5.74) is 1.35. The second kappa shape index (κ2) is 5.67. The Bertz CT molecular complexity index is 611. The highest BCUT2D eigenvalue weighted by Gasteiger charge is 2.23. The lowest BCUT2D eigenvalue weighted by atomic mass is 9.95. The molecular weight excluding hydrogens is 254 g/mol. The molecule has 0 radical (unpaired) electrons. The first kappa shape index (κ1) is 14.6. The molecule has 2 aromatic rings. The first-order valence-electron chi connectivity index (χ1n) is 6.99. The third-order valence-corrected chi connectivity index (χ3v) is 4.15. The van der Waals surface area contributed by atoms with E-state index in [1.165, 1.54) is 0 Å². The van der Waals surface area contributed by atoms with Gasteiger partial charge in [-0.3, -0.25) is 0 Å². The molecule has 108 valence electrons. The van der Waals surface area contributed by atoms with Crippen molar-refractivity contribution in [1.82, 2.24) is 5.32 Å². The molecule has 0 unspecified atom stereocenters. The molecule has 0 saturated heterocycles. The van der Waals surface area contributed by atoms with Crippen LogP contribution in [0.25, 0.3) is 11.0 Å². The zero-order chi connectivity index (χ0) is 14.8. The van der Waals surface area contributed by atoms with Crippen LogP contribution in [0.2, 0.25) is 0 Å². The van der Waals surface area contributed by atoms with E-state index in [1.54, 1.807) is 6.07 Å². The maximum atomic E-state index is 11.3. The van der Waals surface area contributed by atoms with Crippen molar-refractivity contribution in [3.05, 3.63) is 35.6 Å². The fourth-order valence-corrected chi connectivity index (χ4v) is 2.25. The van der Waals surface area contributed by atoms with E-state index in [1.807, 2.05) is 18.2 Å². The van der Waals surface area contributed by atoms with Gasteiger partial charge in [0.15, 0.2) is 0 Å². The van der Waals surface area contributed by atoms with Gasteiger partial charge in [-0.05, 0) is 25.8 Å². The van der Waals surface area contributed by atoms with Crippen molar-refractivity contribution in [3.63, 3.8) is 0 Å². The molecule has 0 aliphatic heterocycles. The minimum Gasteiger partial charge on any atom is -0.475 e. The molecule has 0 atom stereocenters. The Kier molecular flexibility index (Phi) is 4.14. The molecule has 0 aliphatic rings. The van der Waals surface area contributed by atoms with Crippen molar-refractivity contribution in [2.24, 2.45) is 0 Å². The van der Waals surface area contributed by atoms with E-state index in [-0.39, 0.29) is 11.3 Å². The smallest absolute Gasteiger partial charge is 0.372 e. The molecule has 0 amide bonds. The van der Waals surface area contributed by atoms with Gasteiger partial charge in [-0.2, -0.15) is 0 Å². The van der Waals surface area contributed by atoms with Crippen LogP contribution in [0.15, 0.2) is 28.7 Å². The molecule has 4 nitrogen and oxygen atoms in total. The van der Waals surface area contributed by atoms with Crippen LogP contribution in [-0.2, 0) is 6.54 Å². The van der Waals surface area contributed by atoms with Crippen LogP contribution >= 0.6 is 0 Å². The average Bonchev–Trinajstić information content (AvgIpc) is 2.84. The molecule has 2 rings (SSSR count). The van der Waals surface area contributed by atoms with E-state index in [9.17, 15) is 9.90 Å². The highest BCUT2D eigenvalue weighted by molar-refractivity contribution is 5.95. The third-order valence-electron chi connectivity index (χ3n) is 4.15. The summed E-state index contributed by atoms with van der Waals surface area (Å²) < 4.78 is 5.45. The summed E-state index contributed by atoms with van der Waals surface area (Å²) >= 11 is 0. The highest BCUT2D eigenvalue weighted by atomic mass is 16.4. The number of hydrogen-bond acceptors (Lipinski definition) is 3. The van der Waals surface area contributed by atoms with Crippen molar-refractivity contribution in [2.45, 2.75) is 45.7 Å². The Morgan fingerprint density at radius 2 is 1.95 bits per heavy atom. The SMILES string of the molecule is CCC(C)(CC)NCc1c(C(=O)O)oc2ccccc12. The van der Waals surface area contributed by atoms with Crippen molar-refractivity contribution in [1.29, 1.82) is 0 Å². The summed E-state index contributed by atoms with van der Waals surface area (Å²) in [5.74, 6) is -0.985. The van der Waals surface area contributed by atoms with Gasteiger partial charge in [-0.15, -0.1) is 0 Å². The molecule has 2 N–H and O–H groups in total. The predicted octanol–water partition coefficient (Wildman–Crippen LogP) is 3.80. The summed E-state index contributed by atoms with van der Waals surface area (Å²) in [6.07, 6.45) is 1.98. The Morgan fingerprint density at radius 1 is 1.30 bits per heavy atom. The van der Waals surface area contributed by atoms with Crippen molar-refractivity contribution < 1.29 is 14.3 Å². The largest absolute Gasteiger partial charge is 0.475 e. The van der Waals surface area contributed by atoms with Gasteiger partial charge in [0.2, 0.25) is 5.76 Å². The molecule has 0 bridgehead atoms. The van der Waals surface area contributed by atoms with Gasteiger partial charge in [0.05, 0.1) is 0 Å². The molecule has 0 fully saturated rings. The van der Waals surface area contributed by atoms with Gasteiger partial charge in [-0.1, -0.05) is 32.0 Å². The quantitative estimate of drug-likeness (QED) is 0.841. The van der Waals surface area contributed by atoms with Gasteiger partial charge in [0.25, 0.3) is 0 Å². The number of rotatable bonds is 6. The van der Waals surface area contributed by atoms with Gasteiger partial charge in [0.1, 0.15) is 5.58 Å². The van der Waals surface area contributed by atoms with Gasteiger partial charge < -0.3 is 14.8 Å². The zero-order valence-corrected chi connectivity index (χ0v) is 12.2. The zero-order valence-electron chi connectivity index (χ0n) is 12.2. The van der Waals surface area contributed by atoms with Crippen molar-refractivity contribution in [3.8, 4) is 0 Å². The number of para-hydroxylation sites is 1. The van der Waals surface area contributed by atoms with Crippen LogP contribution in [0.4, 0.5) is 0 Å². The minimum absolute atomic E-state index is 0.00808. The lowest BCUT2D eigenvalue weighted by Crippen LogP contribution is -2.40. The first-order chi connectivity index (χ1) is 9.50. The second-order valence-corrected chi connectivity index (χ2v) is 5.33. The molecular formula is C16H21NO3. The van der Waals surface area contributed by atoms with Crippen LogP contribution < -0.4 is 5.32 Å². The van der Waals surface area contributed by atoms with Crippen molar-refractivity contribution >= 4 is 16.9 Å². The summed E-state index contributed by atoms with van der Waals surface area (Å²) in [6, 6.07) is 7.43. The van der Waals surface area contributed by atoms with E-state index in [0.29, 0.717) is 12.1 Å². The normalized spacial score (nSPS) is 11.9. The molecule has 1 aromatic heterocycles. The van der Waals surface area contributed by atoms with Crippen LogP contribution in [0, 0.1) is 0 Å². The van der Waals surface area contributed by atoms with Gasteiger partial charge in [-0.25, -0.2) is 4.79 Å². The van der Waals surface area contributed by atoms with Gasteiger partial charge in [0, 0.05) is 23.0 Å². The minimum atomic E-state index is -1.02. The standard InChI is InChI=1S/C16H21NO3/c1-4-16(3,5-2)17-10-12-11-8-6-7-9-13(11)20-14(12)15(18)19/h6-9,17H,4-5,10H2,1-3H3,(H,18,19). The van der Waals surface area contributed by atoms with E-state index in [2.05, 4.69) is 26.1 Å². The van der Waals surface area contributed by atoms with Crippen molar-refractivity contribution in [2.75, 3.05) is 0 Å². The molecule has 0 aliphatic carbocycles. The van der Waals surface area contributed by atoms with E-state index >= 15 is 0 Å². The van der Waals surface area contributed by atoms with Crippen LogP contribution in [0.3, 0.4) is 0 Å². The molecule has 4 heteroatoms. The maximum absolute atomic E-state index is 11.3. The number of carboxylic acids is 1. The Hall–Kier alpha value is -1.81. The van der Waals surface area contributed by atoms with Crippen LogP contribution in [0.5, 0.6) is 0 Å². The Balaban J connectivity index is 2.37. The lowest BCUT2D eigenvalue weighted by molar-refractivity contribution is 0.0662. The Labute approximate surface area is 118 Å².